The van der Waals surface area contributed by atoms with E-state index in [0.717, 1.165) is 19.3 Å². The molecule has 1 saturated carbocycles. The van der Waals surface area contributed by atoms with Gasteiger partial charge in [0.25, 0.3) is 0 Å². The number of amides is 2. The SMILES string of the molecule is CCC(CC)C(O)CNC(=O)NC1CC1C. The fraction of sp³-hybridized carbons (Fsp3) is 0.917. The van der Waals surface area contributed by atoms with Gasteiger partial charge in [0.05, 0.1) is 6.10 Å². The van der Waals surface area contributed by atoms with Gasteiger partial charge in [0.15, 0.2) is 0 Å². The maximum absolute atomic E-state index is 11.4. The van der Waals surface area contributed by atoms with Crippen molar-refractivity contribution in [3.05, 3.63) is 0 Å². The smallest absolute Gasteiger partial charge is 0.315 e. The number of urea groups is 1. The molecule has 0 aromatic heterocycles. The van der Waals surface area contributed by atoms with Gasteiger partial charge >= 0.3 is 6.03 Å². The van der Waals surface area contributed by atoms with Crippen LogP contribution in [0, 0.1) is 11.8 Å². The second-order valence-electron chi connectivity index (χ2n) is 4.82. The van der Waals surface area contributed by atoms with Gasteiger partial charge in [-0.2, -0.15) is 0 Å². The molecule has 0 saturated heterocycles. The average Bonchev–Trinajstić information content (AvgIpc) is 2.93. The Balaban J connectivity index is 2.15. The lowest BCUT2D eigenvalue weighted by Gasteiger charge is -2.20. The zero-order chi connectivity index (χ0) is 12.1. The zero-order valence-electron chi connectivity index (χ0n) is 10.5. The molecule has 3 unspecified atom stereocenters. The Hall–Kier alpha value is -0.770. The predicted octanol–water partition coefficient (Wildman–Crippen LogP) is 1.49. The molecule has 0 aromatic carbocycles. The van der Waals surface area contributed by atoms with Gasteiger partial charge in [0, 0.05) is 12.6 Å². The lowest BCUT2D eigenvalue weighted by atomic mass is 9.97. The van der Waals surface area contributed by atoms with Crippen LogP contribution >= 0.6 is 0 Å². The molecule has 1 aliphatic carbocycles. The molecule has 3 atom stereocenters. The molecule has 1 aliphatic rings. The van der Waals surface area contributed by atoms with E-state index in [0.29, 0.717) is 18.5 Å². The molecule has 0 heterocycles. The highest BCUT2D eigenvalue weighted by Crippen LogP contribution is 2.28. The number of carbonyl (C=O) groups is 1. The Bertz CT molecular complexity index is 229. The van der Waals surface area contributed by atoms with E-state index >= 15 is 0 Å². The largest absolute Gasteiger partial charge is 0.391 e. The summed E-state index contributed by atoms with van der Waals surface area (Å²) in [5.74, 6) is 0.884. The van der Waals surface area contributed by atoms with Crippen molar-refractivity contribution in [2.75, 3.05) is 6.54 Å². The van der Waals surface area contributed by atoms with Gasteiger partial charge in [-0.3, -0.25) is 0 Å². The summed E-state index contributed by atoms with van der Waals surface area (Å²) in [6.07, 6.45) is 2.53. The van der Waals surface area contributed by atoms with Crippen molar-refractivity contribution >= 4 is 6.03 Å². The quantitative estimate of drug-likeness (QED) is 0.645. The van der Waals surface area contributed by atoms with E-state index in [-0.39, 0.29) is 11.9 Å². The summed E-state index contributed by atoms with van der Waals surface area (Å²) in [4.78, 5) is 11.4. The highest BCUT2D eigenvalue weighted by Gasteiger charge is 2.33. The van der Waals surface area contributed by atoms with Crippen LogP contribution < -0.4 is 10.6 Å². The monoisotopic (exact) mass is 228 g/mol. The Morgan fingerprint density at radius 2 is 2.00 bits per heavy atom. The first-order valence-electron chi connectivity index (χ1n) is 6.30. The number of aliphatic hydroxyl groups excluding tert-OH is 1. The molecular weight excluding hydrogens is 204 g/mol. The predicted molar refractivity (Wildman–Crippen MR) is 64.2 cm³/mol. The van der Waals surface area contributed by atoms with Gasteiger partial charge < -0.3 is 15.7 Å². The minimum Gasteiger partial charge on any atom is -0.391 e. The second-order valence-corrected chi connectivity index (χ2v) is 4.82. The topological polar surface area (TPSA) is 61.4 Å². The van der Waals surface area contributed by atoms with Crippen LogP contribution in [-0.4, -0.2) is 29.8 Å². The Morgan fingerprint density at radius 3 is 2.44 bits per heavy atom. The first-order valence-corrected chi connectivity index (χ1v) is 6.30. The van der Waals surface area contributed by atoms with Gasteiger partial charge in [-0.05, 0) is 18.3 Å². The first kappa shape index (κ1) is 13.3. The second kappa shape index (κ2) is 6.09. The molecule has 0 aromatic rings. The molecule has 0 radical (unpaired) electrons. The minimum atomic E-state index is -0.433. The van der Waals surface area contributed by atoms with Crippen molar-refractivity contribution < 1.29 is 9.90 Å². The molecule has 1 rings (SSSR count). The Kier molecular flexibility index (Phi) is 5.06. The third kappa shape index (κ3) is 4.00. The van der Waals surface area contributed by atoms with E-state index in [2.05, 4.69) is 31.4 Å². The Labute approximate surface area is 97.8 Å². The summed E-state index contributed by atoms with van der Waals surface area (Å²) in [5, 5.41) is 15.4. The number of rotatable bonds is 6. The maximum Gasteiger partial charge on any atom is 0.315 e. The molecule has 1 fully saturated rings. The summed E-state index contributed by atoms with van der Waals surface area (Å²) in [5.41, 5.74) is 0. The van der Waals surface area contributed by atoms with Crippen LogP contribution in [0.3, 0.4) is 0 Å². The van der Waals surface area contributed by atoms with Crippen molar-refractivity contribution in [3.8, 4) is 0 Å². The van der Waals surface area contributed by atoms with Crippen molar-refractivity contribution in [3.63, 3.8) is 0 Å². The molecule has 2 amide bonds. The van der Waals surface area contributed by atoms with Gasteiger partial charge in [0.2, 0.25) is 0 Å². The van der Waals surface area contributed by atoms with Crippen LogP contribution in [0.25, 0.3) is 0 Å². The summed E-state index contributed by atoms with van der Waals surface area (Å²) < 4.78 is 0. The number of hydrogen-bond acceptors (Lipinski definition) is 2. The summed E-state index contributed by atoms with van der Waals surface area (Å²) in [6, 6.07) is 0.185. The molecule has 0 aliphatic heterocycles. The fourth-order valence-electron chi connectivity index (χ4n) is 1.94. The van der Waals surface area contributed by atoms with Gasteiger partial charge in [-0.15, -0.1) is 0 Å². The molecule has 4 nitrogen and oxygen atoms in total. The molecule has 4 heteroatoms. The molecule has 94 valence electrons. The highest BCUT2D eigenvalue weighted by molar-refractivity contribution is 5.74. The van der Waals surface area contributed by atoms with Crippen LogP contribution in [0.1, 0.15) is 40.0 Å². The van der Waals surface area contributed by atoms with Crippen molar-refractivity contribution in [2.45, 2.75) is 52.2 Å². The van der Waals surface area contributed by atoms with Gasteiger partial charge in [-0.1, -0.05) is 33.6 Å². The van der Waals surface area contributed by atoms with Crippen LogP contribution in [0.5, 0.6) is 0 Å². The summed E-state index contributed by atoms with van der Waals surface area (Å²) in [7, 11) is 0. The molecule has 0 spiro atoms. The molecular formula is C12H24N2O2. The molecule has 0 bridgehead atoms. The average molecular weight is 228 g/mol. The van der Waals surface area contributed by atoms with Crippen LogP contribution in [0.15, 0.2) is 0 Å². The van der Waals surface area contributed by atoms with Crippen LogP contribution in [-0.2, 0) is 0 Å². The van der Waals surface area contributed by atoms with E-state index in [4.69, 9.17) is 0 Å². The number of nitrogens with one attached hydrogen (secondary N) is 2. The van der Waals surface area contributed by atoms with E-state index in [1.165, 1.54) is 0 Å². The lowest BCUT2D eigenvalue weighted by Crippen LogP contribution is -2.42. The van der Waals surface area contributed by atoms with Gasteiger partial charge in [0.1, 0.15) is 0 Å². The van der Waals surface area contributed by atoms with E-state index in [1.54, 1.807) is 0 Å². The third-order valence-electron chi connectivity index (χ3n) is 3.49. The Morgan fingerprint density at radius 1 is 1.44 bits per heavy atom. The maximum atomic E-state index is 11.4. The van der Waals surface area contributed by atoms with E-state index in [9.17, 15) is 9.90 Å². The van der Waals surface area contributed by atoms with Crippen molar-refractivity contribution in [2.24, 2.45) is 11.8 Å². The van der Waals surface area contributed by atoms with Crippen molar-refractivity contribution in [1.82, 2.24) is 10.6 Å². The fourth-order valence-corrected chi connectivity index (χ4v) is 1.94. The number of aliphatic hydroxyl groups is 1. The number of carbonyl (C=O) groups excluding carboxylic acids is 1. The normalized spacial score (nSPS) is 25.3. The summed E-state index contributed by atoms with van der Waals surface area (Å²) >= 11 is 0. The van der Waals surface area contributed by atoms with E-state index in [1.807, 2.05) is 0 Å². The standard InChI is InChI=1S/C12H24N2O2/c1-4-9(5-2)11(15)7-13-12(16)14-10-6-8(10)3/h8-11,15H,4-7H2,1-3H3,(H2,13,14,16). The first-order chi connectivity index (χ1) is 7.58. The van der Waals surface area contributed by atoms with E-state index < -0.39 is 6.10 Å². The highest BCUT2D eigenvalue weighted by atomic mass is 16.3. The third-order valence-corrected chi connectivity index (χ3v) is 3.49. The molecule has 16 heavy (non-hydrogen) atoms. The van der Waals surface area contributed by atoms with Crippen LogP contribution in [0.2, 0.25) is 0 Å². The van der Waals surface area contributed by atoms with Crippen LogP contribution in [0.4, 0.5) is 4.79 Å². The van der Waals surface area contributed by atoms with Crippen molar-refractivity contribution in [1.29, 1.82) is 0 Å². The minimum absolute atomic E-state index is 0.153. The number of hydrogen-bond donors (Lipinski definition) is 3. The summed E-state index contributed by atoms with van der Waals surface area (Å²) in [6.45, 7) is 6.58. The lowest BCUT2D eigenvalue weighted by molar-refractivity contribution is 0.103. The van der Waals surface area contributed by atoms with Gasteiger partial charge in [-0.25, -0.2) is 4.79 Å². The zero-order valence-corrected chi connectivity index (χ0v) is 10.5. The molecule has 3 N–H and O–H groups in total.